The van der Waals surface area contributed by atoms with Gasteiger partial charge in [-0.25, -0.2) is 4.79 Å². The van der Waals surface area contributed by atoms with Crippen LogP contribution in [0.1, 0.15) is 27.4 Å². The Kier molecular flexibility index (Phi) is 2.67. The average Bonchev–Trinajstić information content (AvgIpc) is 2.50. The van der Waals surface area contributed by atoms with E-state index in [4.69, 9.17) is 10.8 Å². The average molecular weight is 199 g/mol. The molecule has 1 heterocycles. The van der Waals surface area contributed by atoms with Crippen molar-refractivity contribution in [3.8, 4) is 0 Å². The summed E-state index contributed by atoms with van der Waals surface area (Å²) in [4.78, 5) is 22.2. The van der Waals surface area contributed by atoms with Gasteiger partial charge in [0.15, 0.2) is 0 Å². The van der Waals surface area contributed by atoms with Crippen molar-refractivity contribution in [2.75, 3.05) is 0 Å². The summed E-state index contributed by atoms with van der Waals surface area (Å²) in [5, 5.41) is 8.61. The molecule has 0 aromatic carbocycles. The zero-order valence-electron chi connectivity index (χ0n) is 6.98. The second kappa shape index (κ2) is 3.57. The maximum atomic E-state index is 10.8. The lowest BCUT2D eigenvalue weighted by Gasteiger charge is -2.01. The zero-order valence-corrected chi connectivity index (χ0v) is 7.80. The lowest BCUT2D eigenvalue weighted by Crippen LogP contribution is -2.17. The number of hydrogen-bond donors (Lipinski definition) is 2. The van der Waals surface area contributed by atoms with Crippen molar-refractivity contribution in [2.45, 2.75) is 12.8 Å². The first-order chi connectivity index (χ1) is 6.02. The molecule has 3 N–H and O–H groups in total. The molecule has 0 saturated carbocycles. The van der Waals surface area contributed by atoms with Crippen molar-refractivity contribution in [1.82, 2.24) is 0 Å². The smallest absolute Gasteiger partial charge is 0.345 e. The molecule has 1 aromatic rings. The third-order valence-corrected chi connectivity index (χ3v) is 2.95. The van der Waals surface area contributed by atoms with Crippen LogP contribution in [0.3, 0.4) is 0 Å². The molecule has 1 rings (SSSR count). The fourth-order valence-corrected chi connectivity index (χ4v) is 1.75. The van der Waals surface area contributed by atoms with Crippen molar-refractivity contribution >= 4 is 23.2 Å². The van der Waals surface area contributed by atoms with Gasteiger partial charge in [-0.15, -0.1) is 11.3 Å². The van der Waals surface area contributed by atoms with Gasteiger partial charge in [0.1, 0.15) is 4.88 Å². The molecule has 0 radical (unpaired) electrons. The third kappa shape index (κ3) is 2.06. The number of hydrogen-bond acceptors (Lipinski definition) is 3. The molecule has 70 valence electrons. The molecule has 0 aliphatic heterocycles. The van der Waals surface area contributed by atoms with Gasteiger partial charge in [0.25, 0.3) is 0 Å². The first-order valence-electron chi connectivity index (χ1n) is 3.64. The molecule has 0 aliphatic rings. The van der Waals surface area contributed by atoms with Crippen molar-refractivity contribution < 1.29 is 14.7 Å². The van der Waals surface area contributed by atoms with Crippen molar-refractivity contribution in [2.24, 2.45) is 5.73 Å². The van der Waals surface area contributed by atoms with E-state index in [0.29, 0.717) is 4.88 Å². The number of carboxylic acid groups (broad SMARTS) is 1. The number of amides is 1. The third-order valence-electron chi connectivity index (χ3n) is 1.69. The Morgan fingerprint density at radius 1 is 1.54 bits per heavy atom. The van der Waals surface area contributed by atoms with Crippen LogP contribution < -0.4 is 5.73 Å². The molecule has 1 aromatic heterocycles. The lowest BCUT2D eigenvalue weighted by atomic mass is 10.1. The maximum absolute atomic E-state index is 10.8. The summed E-state index contributed by atoms with van der Waals surface area (Å²) >= 11 is 1.08. The first kappa shape index (κ1) is 9.73. The highest BCUT2D eigenvalue weighted by atomic mass is 32.1. The topological polar surface area (TPSA) is 80.4 Å². The summed E-state index contributed by atoms with van der Waals surface area (Å²) in [6.07, 6.45) is 0. The molecule has 1 unspecified atom stereocenters. The van der Waals surface area contributed by atoms with E-state index >= 15 is 0 Å². The van der Waals surface area contributed by atoms with E-state index in [2.05, 4.69) is 0 Å². The van der Waals surface area contributed by atoms with E-state index in [9.17, 15) is 9.59 Å². The van der Waals surface area contributed by atoms with Crippen LogP contribution in [0.4, 0.5) is 0 Å². The number of primary amides is 1. The fourth-order valence-electron chi connectivity index (χ4n) is 0.841. The molecule has 0 fully saturated rings. The maximum Gasteiger partial charge on any atom is 0.345 e. The normalized spacial score (nSPS) is 12.4. The largest absolute Gasteiger partial charge is 0.477 e. The molecule has 0 saturated heterocycles. The number of carboxylic acids is 1. The number of aromatic carboxylic acids is 1. The summed E-state index contributed by atoms with van der Waals surface area (Å²) < 4.78 is 0. The summed E-state index contributed by atoms with van der Waals surface area (Å²) in [5.41, 5.74) is 5.07. The second-order valence-corrected chi connectivity index (χ2v) is 3.75. The Bertz CT molecular complexity index is 345. The minimum absolute atomic E-state index is 0.225. The Morgan fingerprint density at radius 3 is 2.54 bits per heavy atom. The van der Waals surface area contributed by atoms with Crippen LogP contribution in [0.5, 0.6) is 0 Å². The quantitative estimate of drug-likeness (QED) is 0.763. The molecule has 0 spiro atoms. The van der Waals surface area contributed by atoms with E-state index in [1.165, 1.54) is 6.07 Å². The molecular weight excluding hydrogens is 190 g/mol. The van der Waals surface area contributed by atoms with Crippen LogP contribution in [-0.2, 0) is 4.79 Å². The van der Waals surface area contributed by atoms with Gasteiger partial charge in [-0.05, 0) is 19.1 Å². The standard InChI is InChI=1S/C8H9NO3S/c1-4(7(9)10)5-2-3-6(13-5)8(11)12/h2-4H,1H3,(H2,9,10)(H,11,12). The van der Waals surface area contributed by atoms with Gasteiger partial charge in [0, 0.05) is 4.88 Å². The van der Waals surface area contributed by atoms with Crippen molar-refractivity contribution in [3.05, 3.63) is 21.9 Å². The van der Waals surface area contributed by atoms with E-state index in [-0.39, 0.29) is 4.88 Å². The van der Waals surface area contributed by atoms with Gasteiger partial charge in [-0.2, -0.15) is 0 Å². The van der Waals surface area contributed by atoms with Gasteiger partial charge in [0.2, 0.25) is 5.91 Å². The zero-order chi connectivity index (χ0) is 10.0. The molecule has 0 bridgehead atoms. The van der Waals surface area contributed by atoms with E-state index in [1.54, 1.807) is 13.0 Å². The van der Waals surface area contributed by atoms with Crippen LogP contribution >= 0.6 is 11.3 Å². The Hall–Kier alpha value is -1.36. The molecule has 4 nitrogen and oxygen atoms in total. The summed E-state index contributed by atoms with van der Waals surface area (Å²) in [6.45, 7) is 1.65. The highest BCUT2D eigenvalue weighted by molar-refractivity contribution is 7.14. The van der Waals surface area contributed by atoms with Crippen LogP contribution in [0.2, 0.25) is 0 Å². The lowest BCUT2D eigenvalue weighted by molar-refractivity contribution is -0.119. The summed E-state index contributed by atoms with van der Waals surface area (Å²) in [6, 6.07) is 3.09. The molecule has 1 atom stereocenters. The van der Waals surface area contributed by atoms with Gasteiger partial charge < -0.3 is 10.8 Å². The monoisotopic (exact) mass is 199 g/mol. The molecule has 0 aliphatic carbocycles. The van der Waals surface area contributed by atoms with Crippen LogP contribution in [0, 0.1) is 0 Å². The van der Waals surface area contributed by atoms with Crippen molar-refractivity contribution in [1.29, 1.82) is 0 Å². The highest BCUT2D eigenvalue weighted by Crippen LogP contribution is 2.24. The number of rotatable bonds is 3. The number of carbonyl (C=O) groups is 2. The molecular formula is C8H9NO3S. The molecule has 1 amide bonds. The van der Waals surface area contributed by atoms with Crippen LogP contribution in [0.25, 0.3) is 0 Å². The number of nitrogens with two attached hydrogens (primary N) is 1. The fraction of sp³-hybridized carbons (Fsp3) is 0.250. The predicted octanol–water partition coefficient (Wildman–Crippen LogP) is 1.04. The summed E-state index contributed by atoms with van der Waals surface area (Å²) in [5.74, 6) is -1.84. The van der Waals surface area contributed by atoms with Gasteiger partial charge >= 0.3 is 5.97 Å². The predicted molar refractivity (Wildman–Crippen MR) is 48.9 cm³/mol. The first-order valence-corrected chi connectivity index (χ1v) is 4.46. The van der Waals surface area contributed by atoms with Crippen LogP contribution in [-0.4, -0.2) is 17.0 Å². The highest BCUT2D eigenvalue weighted by Gasteiger charge is 2.15. The SMILES string of the molecule is CC(C(N)=O)c1ccc(C(=O)O)s1. The number of thiophene rings is 1. The Balaban J connectivity index is 2.91. The van der Waals surface area contributed by atoms with Gasteiger partial charge in [-0.1, -0.05) is 0 Å². The second-order valence-electron chi connectivity index (χ2n) is 2.63. The van der Waals surface area contributed by atoms with Gasteiger partial charge in [-0.3, -0.25) is 4.79 Å². The van der Waals surface area contributed by atoms with E-state index in [1.807, 2.05) is 0 Å². The van der Waals surface area contributed by atoms with Crippen molar-refractivity contribution in [3.63, 3.8) is 0 Å². The number of carbonyl (C=O) groups excluding carboxylic acids is 1. The van der Waals surface area contributed by atoms with E-state index in [0.717, 1.165) is 11.3 Å². The molecule has 5 heteroatoms. The minimum atomic E-state index is -0.979. The minimum Gasteiger partial charge on any atom is -0.477 e. The Labute approximate surface area is 79.0 Å². The van der Waals surface area contributed by atoms with E-state index < -0.39 is 17.8 Å². The molecule has 13 heavy (non-hydrogen) atoms. The van der Waals surface area contributed by atoms with Gasteiger partial charge in [0.05, 0.1) is 5.92 Å². The van der Waals surface area contributed by atoms with Crippen LogP contribution in [0.15, 0.2) is 12.1 Å². The summed E-state index contributed by atoms with van der Waals surface area (Å²) in [7, 11) is 0. The Morgan fingerprint density at radius 2 is 2.15 bits per heavy atom.